The molecule has 0 aliphatic heterocycles. The first kappa shape index (κ1) is 43.5. The standard InChI is InChI=1S/C53H49N2O.C16H19N2.Ir/c1-32(2)43-29-39(35-20-18-34(19-21-35)36-24-26-53(5,6)27-25-36)30-44(33(3)4)50(43)55-48-17-10-9-16-47(48)54-52(55)42-15-11-14-41-46-28-38-23-22-37-12-7-8-13-40(37)45(38)31-49(46)56-51(41)42;1-11-6-8-13(9-7-11)15-17-10-12(2)14(18-15)16(3,4)5;/h7-14,16-23,28-33,36H,24-27H2,1-6H3;6-8,10H,1-5H3;/q2*-1;/i36D;1D3,2D3;. The van der Waals surface area contributed by atoms with Crippen molar-refractivity contribution in [3.63, 3.8) is 0 Å². The summed E-state index contributed by atoms with van der Waals surface area (Å²) in [5.74, 6) is 1.12. The van der Waals surface area contributed by atoms with Crippen LogP contribution in [0, 0.1) is 31.3 Å². The normalized spacial score (nSPS) is 16.2. The van der Waals surface area contributed by atoms with Gasteiger partial charge >= 0.3 is 0 Å². The molecule has 6 heteroatoms. The summed E-state index contributed by atoms with van der Waals surface area (Å²) in [6.45, 7) is 15.0. The number of nitrogens with zero attached hydrogens (tertiary/aromatic N) is 4. The number of aryl methyl sites for hydroxylation is 2. The summed E-state index contributed by atoms with van der Waals surface area (Å²) in [5.41, 5.74) is 12.9. The van der Waals surface area contributed by atoms with Crippen LogP contribution in [0.25, 0.3) is 94.1 Å². The number of furan rings is 1. The van der Waals surface area contributed by atoms with Gasteiger partial charge in [-0.2, -0.15) is 0 Å². The zero-order valence-electron chi connectivity index (χ0n) is 51.4. The zero-order valence-corrected chi connectivity index (χ0v) is 46.8. The van der Waals surface area contributed by atoms with Crippen LogP contribution in [0.5, 0.6) is 0 Å². The molecule has 11 aromatic rings. The Morgan fingerprint density at radius 1 is 0.720 bits per heavy atom. The van der Waals surface area contributed by atoms with Crippen molar-refractivity contribution >= 4 is 54.5 Å². The molecule has 0 bridgehead atoms. The maximum absolute atomic E-state index is 9.39. The fraction of sp³-hybridized carbons (Fsp3) is 0.290. The first-order valence-electron chi connectivity index (χ1n) is 29.6. The molecule has 75 heavy (non-hydrogen) atoms. The van der Waals surface area contributed by atoms with Crippen molar-refractivity contribution in [1.29, 1.82) is 0 Å². The van der Waals surface area contributed by atoms with Gasteiger partial charge in [0.05, 0.1) is 28.3 Å². The number of benzene rings is 8. The number of rotatable bonds is 7. The van der Waals surface area contributed by atoms with Crippen LogP contribution in [0.4, 0.5) is 0 Å². The molecule has 0 spiro atoms. The van der Waals surface area contributed by atoms with Crippen molar-refractivity contribution in [3.05, 3.63) is 191 Å². The zero-order chi connectivity index (χ0) is 57.6. The van der Waals surface area contributed by atoms with E-state index >= 15 is 0 Å². The third kappa shape index (κ3) is 10.0. The average molecular weight is 1170 g/mol. The van der Waals surface area contributed by atoms with Gasteiger partial charge in [0, 0.05) is 58.1 Å². The molecule has 1 radical (unpaired) electrons. The molecule has 0 N–H and O–H groups in total. The predicted molar refractivity (Wildman–Crippen MR) is 311 cm³/mol. The van der Waals surface area contributed by atoms with Crippen LogP contribution in [0.2, 0.25) is 0 Å². The first-order chi connectivity index (χ1) is 38.3. The molecule has 0 amide bonds. The third-order valence-corrected chi connectivity index (χ3v) is 15.1. The summed E-state index contributed by atoms with van der Waals surface area (Å²) in [6.07, 6.45) is 5.34. The van der Waals surface area contributed by atoms with Gasteiger partial charge in [-0.05, 0) is 147 Å². The van der Waals surface area contributed by atoms with Gasteiger partial charge < -0.3 is 8.98 Å². The van der Waals surface area contributed by atoms with Crippen LogP contribution in [-0.4, -0.2) is 19.5 Å². The maximum atomic E-state index is 9.39. The Labute approximate surface area is 467 Å². The van der Waals surface area contributed by atoms with E-state index in [-0.39, 0.29) is 43.1 Å². The van der Waals surface area contributed by atoms with Crippen LogP contribution >= 0.6 is 0 Å². The van der Waals surface area contributed by atoms with Crippen LogP contribution in [-0.2, 0) is 25.5 Å². The van der Waals surface area contributed by atoms with Crippen LogP contribution in [0.1, 0.15) is 149 Å². The van der Waals surface area contributed by atoms with Gasteiger partial charge in [0.1, 0.15) is 5.58 Å². The molecule has 3 heterocycles. The van der Waals surface area contributed by atoms with E-state index in [1.54, 1.807) is 6.07 Å². The Morgan fingerprint density at radius 2 is 1.44 bits per heavy atom. The second kappa shape index (κ2) is 20.4. The number of aromatic nitrogens is 4. The minimum atomic E-state index is -2.30. The van der Waals surface area contributed by atoms with E-state index in [0.717, 1.165) is 75.6 Å². The van der Waals surface area contributed by atoms with Crippen molar-refractivity contribution in [2.24, 2.45) is 5.41 Å². The molecule has 1 fully saturated rings. The summed E-state index contributed by atoms with van der Waals surface area (Å²) >= 11 is 0. The van der Waals surface area contributed by atoms with Gasteiger partial charge in [-0.15, -0.1) is 53.6 Å². The number of hydrogen-bond acceptors (Lipinski definition) is 4. The summed E-state index contributed by atoms with van der Waals surface area (Å²) in [7, 11) is 0. The fourth-order valence-electron chi connectivity index (χ4n) is 10.9. The summed E-state index contributed by atoms with van der Waals surface area (Å²) in [6, 6.07) is 54.7. The molecule has 0 unspecified atom stereocenters. The quantitative estimate of drug-likeness (QED) is 0.118. The largest absolute Gasteiger partial charge is 0.501 e. The van der Waals surface area contributed by atoms with E-state index in [2.05, 4.69) is 183 Å². The van der Waals surface area contributed by atoms with Crippen LogP contribution < -0.4 is 0 Å². The van der Waals surface area contributed by atoms with Crippen molar-refractivity contribution in [2.75, 3.05) is 0 Å². The SMILES string of the molecule is [2H]C([2H])([2H])c1c[c-]c(-c2ncc(C([2H])([2H])[2H])c(C(C)(C)C)n2)cc1.[2H]C1(c2ccc(-c3cc(C(C)C)c(-n4c(-c5[c-]ccc6c5oc5cc7c(ccc8ccccc87)cc56)nc5ccccc54)c(C(C)C)c3)cc2)CCC(C)(C)CC1.[Ir]. The molecule has 0 saturated heterocycles. The van der Waals surface area contributed by atoms with E-state index in [1.807, 2.05) is 26.8 Å². The van der Waals surface area contributed by atoms with Gasteiger partial charge in [0.2, 0.25) is 0 Å². The fourth-order valence-corrected chi connectivity index (χ4v) is 10.9. The van der Waals surface area contributed by atoms with Gasteiger partial charge in [0.25, 0.3) is 0 Å². The van der Waals surface area contributed by atoms with Gasteiger partial charge in [-0.1, -0.05) is 153 Å². The van der Waals surface area contributed by atoms with Gasteiger partial charge in [-0.3, -0.25) is 15.0 Å². The molecule has 8 aromatic carbocycles. The molecule has 1 aliphatic carbocycles. The molecule has 3 aromatic heterocycles. The van der Waals surface area contributed by atoms with Crippen molar-refractivity contribution in [1.82, 2.24) is 19.5 Å². The van der Waals surface area contributed by atoms with Crippen LogP contribution in [0.15, 0.2) is 150 Å². The minimum Gasteiger partial charge on any atom is -0.501 e. The molecule has 5 nitrogen and oxygen atoms in total. The number of fused-ring (bicyclic) bond motifs is 7. The molecule has 1 aliphatic rings. The molecular weight excluding hydrogens is 1090 g/mol. The van der Waals surface area contributed by atoms with Crippen molar-refractivity contribution < 1.29 is 34.1 Å². The monoisotopic (exact) mass is 1170 g/mol. The van der Waals surface area contributed by atoms with E-state index < -0.39 is 25.0 Å². The molecule has 381 valence electrons. The first-order valence-corrected chi connectivity index (χ1v) is 26.1. The molecule has 0 atom stereocenters. The van der Waals surface area contributed by atoms with E-state index in [1.165, 1.54) is 67.8 Å². The minimum absolute atomic E-state index is 0. The Morgan fingerprint density at radius 3 is 2.13 bits per heavy atom. The number of hydrogen-bond donors (Lipinski definition) is 0. The summed E-state index contributed by atoms with van der Waals surface area (Å²) in [5, 5.41) is 6.98. The second-order valence-electron chi connectivity index (χ2n) is 22.7. The maximum Gasteiger partial charge on any atom is 0.121 e. The Kier molecular flexibility index (Phi) is 11.9. The Balaban J connectivity index is 0.000000254. The third-order valence-electron chi connectivity index (χ3n) is 15.1. The second-order valence-corrected chi connectivity index (χ2v) is 22.7. The smallest absolute Gasteiger partial charge is 0.121 e. The van der Waals surface area contributed by atoms with E-state index in [4.69, 9.17) is 17.6 Å². The van der Waals surface area contributed by atoms with E-state index in [0.29, 0.717) is 22.5 Å². The van der Waals surface area contributed by atoms with Gasteiger partial charge in [0.15, 0.2) is 0 Å². The average Bonchev–Trinajstić information content (AvgIpc) is 2.33. The summed E-state index contributed by atoms with van der Waals surface area (Å²) < 4.78 is 63.7. The predicted octanol–water partition coefficient (Wildman–Crippen LogP) is 19.2. The van der Waals surface area contributed by atoms with Crippen molar-refractivity contribution in [2.45, 2.75) is 125 Å². The summed E-state index contributed by atoms with van der Waals surface area (Å²) in [4.78, 5) is 13.9. The number of imidazole rings is 1. The molecule has 12 rings (SSSR count). The topological polar surface area (TPSA) is 56.7 Å². The molecular formula is C69H68IrN4O-2. The Hall–Kier alpha value is -6.72. The Bertz CT molecular complexity index is 4150. The van der Waals surface area contributed by atoms with Crippen molar-refractivity contribution in [3.8, 4) is 39.6 Å². The molecule has 1 saturated carbocycles. The van der Waals surface area contributed by atoms with Gasteiger partial charge in [-0.25, -0.2) is 0 Å². The van der Waals surface area contributed by atoms with Crippen LogP contribution in [0.3, 0.4) is 0 Å². The number of para-hydroxylation sites is 2. The van der Waals surface area contributed by atoms with E-state index in [9.17, 15) is 1.37 Å².